The van der Waals surface area contributed by atoms with Crippen molar-refractivity contribution >= 4 is 17.8 Å². The summed E-state index contributed by atoms with van der Waals surface area (Å²) in [5, 5.41) is 10.9. The van der Waals surface area contributed by atoms with Crippen molar-refractivity contribution in [3.8, 4) is 11.5 Å². The number of aromatic nitrogens is 1. The SMILES string of the molecule is CCOC(=O)c1cnccc1CC1(C(=O)O)c2cc(OC)c(OC)cc2CCN1C(=O)c1ccccc1. The van der Waals surface area contributed by atoms with Crippen molar-refractivity contribution in [3.63, 3.8) is 0 Å². The molecule has 1 aromatic heterocycles. The van der Waals surface area contributed by atoms with Crippen molar-refractivity contribution < 1.29 is 33.7 Å². The summed E-state index contributed by atoms with van der Waals surface area (Å²) >= 11 is 0. The number of carbonyl (C=O) groups is 3. The van der Waals surface area contributed by atoms with Crippen molar-refractivity contribution in [2.24, 2.45) is 0 Å². The number of esters is 1. The summed E-state index contributed by atoms with van der Waals surface area (Å²) < 4.78 is 16.1. The Morgan fingerprint density at radius 3 is 2.41 bits per heavy atom. The van der Waals surface area contributed by atoms with E-state index in [2.05, 4.69) is 4.98 Å². The van der Waals surface area contributed by atoms with Crippen LogP contribution in [0.4, 0.5) is 0 Å². The second-order valence-electron chi connectivity index (χ2n) is 8.53. The summed E-state index contributed by atoms with van der Waals surface area (Å²) in [5.41, 5.74) is 0.137. The zero-order valence-electron chi connectivity index (χ0n) is 20.9. The fraction of sp³-hybridized carbons (Fsp3) is 0.286. The van der Waals surface area contributed by atoms with Crippen molar-refractivity contribution in [1.29, 1.82) is 0 Å². The number of hydrogen-bond donors (Lipinski definition) is 1. The summed E-state index contributed by atoms with van der Waals surface area (Å²) in [4.78, 5) is 45.3. The zero-order valence-corrected chi connectivity index (χ0v) is 20.9. The fourth-order valence-electron chi connectivity index (χ4n) is 4.84. The van der Waals surface area contributed by atoms with Gasteiger partial charge in [0.25, 0.3) is 5.91 Å². The van der Waals surface area contributed by atoms with E-state index >= 15 is 0 Å². The Labute approximate surface area is 214 Å². The number of methoxy groups -OCH3 is 2. The topological polar surface area (TPSA) is 115 Å². The summed E-state index contributed by atoms with van der Waals surface area (Å²) in [7, 11) is 2.97. The van der Waals surface area contributed by atoms with Gasteiger partial charge in [-0.2, -0.15) is 0 Å². The number of carbonyl (C=O) groups excluding carboxylic acids is 2. The molecule has 192 valence electrons. The minimum atomic E-state index is -1.86. The normalized spacial score (nSPS) is 16.5. The lowest BCUT2D eigenvalue weighted by molar-refractivity contribution is -0.151. The first-order valence-electron chi connectivity index (χ1n) is 11.8. The number of pyridine rings is 1. The number of carboxylic acid groups (broad SMARTS) is 1. The van der Waals surface area contributed by atoms with Gasteiger partial charge in [-0.25, -0.2) is 9.59 Å². The van der Waals surface area contributed by atoms with Crippen LogP contribution in [-0.4, -0.2) is 60.2 Å². The molecule has 1 aliphatic rings. The molecule has 0 saturated carbocycles. The van der Waals surface area contributed by atoms with Gasteiger partial charge in [-0.05, 0) is 60.4 Å². The number of fused-ring (bicyclic) bond motifs is 1. The molecular formula is C28H28N2O7. The molecule has 1 amide bonds. The molecule has 9 nitrogen and oxygen atoms in total. The van der Waals surface area contributed by atoms with Gasteiger partial charge in [0.05, 0.1) is 26.4 Å². The molecule has 4 rings (SSSR count). The molecule has 2 heterocycles. The lowest BCUT2D eigenvalue weighted by Crippen LogP contribution is -2.59. The van der Waals surface area contributed by atoms with Gasteiger partial charge in [0.15, 0.2) is 17.0 Å². The highest BCUT2D eigenvalue weighted by Gasteiger charge is 2.52. The van der Waals surface area contributed by atoms with Crippen LogP contribution in [-0.2, 0) is 27.9 Å². The van der Waals surface area contributed by atoms with Gasteiger partial charge in [0.1, 0.15) is 0 Å². The third-order valence-corrected chi connectivity index (χ3v) is 6.59. The predicted molar refractivity (Wildman–Crippen MR) is 134 cm³/mol. The van der Waals surface area contributed by atoms with Gasteiger partial charge in [0, 0.05) is 30.9 Å². The zero-order chi connectivity index (χ0) is 26.6. The number of carboxylic acids is 1. The summed E-state index contributed by atoms with van der Waals surface area (Å²) in [6.07, 6.45) is 3.05. The second-order valence-corrected chi connectivity index (χ2v) is 8.53. The first-order chi connectivity index (χ1) is 17.9. The van der Waals surface area contributed by atoms with E-state index in [1.165, 1.54) is 31.5 Å². The number of aliphatic carboxylic acids is 1. The first kappa shape index (κ1) is 25.7. The van der Waals surface area contributed by atoms with Gasteiger partial charge in [-0.3, -0.25) is 9.78 Å². The standard InChI is InChI=1S/C28H28N2O7/c1-4-37-26(32)21-17-29-12-10-20(21)16-28(27(33)34)22-15-24(36-3)23(35-2)14-19(22)11-13-30(28)25(31)18-8-6-5-7-9-18/h5-10,12,14-15,17H,4,11,13,16H2,1-3H3,(H,33,34). The van der Waals surface area contributed by atoms with Crippen molar-refractivity contribution in [2.75, 3.05) is 27.4 Å². The number of hydrogen-bond acceptors (Lipinski definition) is 7. The van der Waals surface area contributed by atoms with E-state index in [1.807, 2.05) is 0 Å². The molecule has 9 heteroatoms. The molecule has 37 heavy (non-hydrogen) atoms. The van der Waals surface area contributed by atoms with Crippen LogP contribution in [0, 0.1) is 0 Å². The van der Waals surface area contributed by atoms with Crippen LogP contribution < -0.4 is 9.47 Å². The Balaban J connectivity index is 1.97. The molecule has 1 unspecified atom stereocenters. The van der Waals surface area contributed by atoms with Gasteiger partial charge < -0.3 is 24.2 Å². The maximum atomic E-state index is 13.8. The average Bonchev–Trinajstić information content (AvgIpc) is 2.92. The number of amides is 1. The summed E-state index contributed by atoms with van der Waals surface area (Å²) in [5.74, 6) is -1.50. The first-order valence-corrected chi connectivity index (χ1v) is 11.8. The van der Waals surface area contributed by atoms with Gasteiger partial charge in [0.2, 0.25) is 0 Å². The predicted octanol–water partition coefficient (Wildman–Crippen LogP) is 3.50. The quantitative estimate of drug-likeness (QED) is 0.464. The smallest absolute Gasteiger partial charge is 0.339 e. The van der Waals surface area contributed by atoms with Crippen LogP contribution in [0.25, 0.3) is 0 Å². The number of nitrogens with zero attached hydrogens (tertiary/aromatic N) is 2. The number of benzene rings is 2. The highest BCUT2D eigenvalue weighted by molar-refractivity contribution is 5.99. The molecule has 2 aromatic carbocycles. The highest BCUT2D eigenvalue weighted by Crippen LogP contribution is 2.44. The van der Waals surface area contributed by atoms with Crippen molar-refractivity contribution in [3.05, 3.63) is 88.7 Å². The van der Waals surface area contributed by atoms with Crippen LogP contribution in [0.15, 0.2) is 60.9 Å². The van der Waals surface area contributed by atoms with E-state index in [9.17, 15) is 19.5 Å². The molecule has 3 aromatic rings. The molecule has 1 aliphatic heterocycles. The van der Waals surface area contributed by atoms with Gasteiger partial charge in [-0.1, -0.05) is 18.2 Å². The van der Waals surface area contributed by atoms with Gasteiger partial charge >= 0.3 is 11.9 Å². The van der Waals surface area contributed by atoms with E-state index in [4.69, 9.17) is 14.2 Å². The molecule has 1 N–H and O–H groups in total. The summed E-state index contributed by atoms with van der Waals surface area (Å²) in [6.45, 7) is 1.97. The minimum absolute atomic E-state index is 0.141. The average molecular weight is 505 g/mol. The lowest BCUT2D eigenvalue weighted by atomic mass is 9.75. The van der Waals surface area contributed by atoms with Crippen molar-refractivity contribution in [2.45, 2.75) is 25.3 Å². The fourth-order valence-corrected chi connectivity index (χ4v) is 4.84. The Hall–Kier alpha value is -4.40. The minimum Gasteiger partial charge on any atom is -0.493 e. The molecule has 0 spiro atoms. The Kier molecular flexibility index (Phi) is 7.42. The molecule has 0 fully saturated rings. The van der Waals surface area contributed by atoms with E-state index in [-0.39, 0.29) is 25.1 Å². The molecule has 0 radical (unpaired) electrons. The van der Waals surface area contributed by atoms with E-state index in [1.54, 1.807) is 55.5 Å². The van der Waals surface area contributed by atoms with E-state index in [0.717, 1.165) is 0 Å². The van der Waals surface area contributed by atoms with Gasteiger partial charge in [-0.15, -0.1) is 0 Å². The molecular weight excluding hydrogens is 476 g/mol. The van der Waals surface area contributed by atoms with Crippen LogP contribution in [0.1, 0.15) is 44.3 Å². The van der Waals surface area contributed by atoms with Crippen LogP contribution in [0.5, 0.6) is 11.5 Å². The number of rotatable bonds is 8. The second kappa shape index (κ2) is 10.7. The van der Waals surface area contributed by atoms with Crippen molar-refractivity contribution in [1.82, 2.24) is 9.88 Å². The molecule has 1 atom stereocenters. The Morgan fingerprint density at radius 1 is 1.05 bits per heavy atom. The monoisotopic (exact) mass is 504 g/mol. The Morgan fingerprint density at radius 2 is 1.76 bits per heavy atom. The maximum Gasteiger partial charge on any atom is 0.339 e. The third kappa shape index (κ3) is 4.60. The van der Waals surface area contributed by atoms with E-state index < -0.39 is 23.4 Å². The van der Waals surface area contributed by atoms with Crippen LogP contribution in [0.2, 0.25) is 0 Å². The Bertz CT molecular complexity index is 1330. The number of ether oxygens (including phenoxy) is 3. The van der Waals surface area contributed by atoms with Crippen LogP contribution in [0.3, 0.4) is 0 Å². The maximum absolute atomic E-state index is 13.8. The van der Waals surface area contributed by atoms with Crippen LogP contribution >= 0.6 is 0 Å². The summed E-state index contributed by atoms with van der Waals surface area (Å²) in [6, 6.07) is 13.5. The largest absolute Gasteiger partial charge is 0.493 e. The molecule has 0 saturated heterocycles. The van der Waals surface area contributed by atoms with E-state index in [0.29, 0.717) is 40.2 Å². The highest BCUT2D eigenvalue weighted by atomic mass is 16.5. The lowest BCUT2D eigenvalue weighted by Gasteiger charge is -2.46. The molecule has 0 aliphatic carbocycles. The third-order valence-electron chi connectivity index (χ3n) is 6.59. The molecule has 0 bridgehead atoms.